The van der Waals surface area contributed by atoms with Crippen molar-refractivity contribution in [1.82, 2.24) is 14.8 Å². The van der Waals surface area contributed by atoms with Gasteiger partial charge >= 0.3 is 5.30 Å². The first kappa shape index (κ1) is 20.8. The number of rotatable bonds is 7. The summed E-state index contributed by atoms with van der Waals surface area (Å²) in [5, 5.41) is 3.03. The zero-order chi connectivity index (χ0) is 20.2. The summed E-state index contributed by atoms with van der Waals surface area (Å²) in [6.07, 6.45) is 2.06. The molecule has 27 heavy (non-hydrogen) atoms. The van der Waals surface area contributed by atoms with Crippen LogP contribution in [0, 0.1) is 5.41 Å². The predicted octanol–water partition coefficient (Wildman–Crippen LogP) is 2.29. The van der Waals surface area contributed by atoms with Crippen LogP contribution in [0.4, 0.5) is 4.79 Å². The summed E-state index contributed by atoms with van der Waals surface area (Å²) < 4.78 is 34.1. The molecule has 9 nitrogen and oxygen atoms in total. The van der Waals surface area contributed by atoms with Crippen LogP contribution in [0.15, 0.2) is 36.9 Å². The van der Waals surface area contributed by atoms with Crippen LogP contribution in [-0.2, 0) is 19.4 Å². The lowest BCUT2D eigenvalue weighted by Crippen LogP contribution is -2.40. The number of ether oxygens (including phenoxy) is 2. The van der Waals surface area contributed by atoms with E-state index in [2.05, 4.69) is 10.1 Å². The molecule has 1 atom stereocenters. The third-order valence-corrected chi connectivity index (χ3v) is 4.46. The van der Waals surface area contributed by atoms with Gasteiger partial charge in [-0.1, -0.05) is 11.6 Å². The smallest absolute Gasteiger partial charge is 0.424 e. The molecule has 1 aromatic carbocycles. The summed E-state index contributed by atoms with van der Waals surface area (Å²) in [6, 6.07) is 6.35. The van der Waals surface area contributed by atoms with E-state index in [0.717, 1.165) is 6.26 Å². The SMILES string of the molecule is CC(C)(COC(=O)S(C)(=O)=O)C(=O)C(Oc1ccc(Cl)cc1)n1cncn1. The van der Waals surface area contributed by atoms with Crippen LogP contribution < -0.4 is 4.74 Å². The minimum absolute atomic E-state index is 0.359. The quantitative estimate of drug-likeness (QED) is 0.632. The molecule has 0 amide bonds. The van der Waals surface area contributed by atoms with Crippen LogP contribution in [0.5, 0.6) is 5.75 Å². The Morgan fingerprint density at radius 2 is 1.89 bits per heavy atom. The van der Waals surface area contributed by atoms with Gasteiger partial charge in [0.05, 0.1) is 11.7 Å². The van der Waals surface area contributed by atoms with Gasteiger partial charge in [0.25, 0.3) is 6.23 Å². The molecule has 0 aliphatic rings. The van der Waals surface area contributed by atoms with Crippen LogP contribution in [-0.4, -0.2) is 47.1 Å². The molecule has 0 bridgehead atoms. The molecule has 1 aromatic heterocycles. The molecule has 1 heterocycles. The summed E-state index contributed by atoms with van der Waals surface area (Å²) in [7, 11) is -4.01. The van der Waals surface area contributed by atoms with Gasteiger partial charge in [0.15, 0.2) is 0 Å². The minimum Gasteiger partial charge on any atom is -0.461 e. The van der Waals surface area contributed by atoms with E-state index in [0.29, 0.717) is 10.8 Å². The molecule has 11 heteroatoms. The number of carbonyl (C=O) groups excluding carboxylic acids is 2. The topological polar surface area (TPSA) is 117 Å². The van der Waals surface area contributed by atoms with Gasteiger partial charge in [0.1, 0.15) is 25.0 Å². The molecular formula is C16H18ClN3O6S. The lowest BCUT2D eigenvalue weighted by molar-refractivity contribution is -0.141. The van der Waals surface area contributed by atoms with Gasteiger partial charge in [-0.05, 0) is 38.1 Å². The molecule has 0 saturated carbocycles. The summed E-state index contributed by atoms with van der Waals surface area (Å²) in [4.78, 5) is 28.3. The number of sulfone groups is 1. The molecule has 2 aromatic rings. The number of hydrogen-bond acceptors (Lipinski definition) is 8. The Kier molecular flexibility index (Phi) is 6.22. The Morgan fingerprint density at radius 1 is 1.26 bits per heavy atom. The second kappa shape index (κ2) is 8.05. The van der Waals surface area contributed by atoms with Gasteiger partial charge < -0.3 is 9.47 Å². The highest BCUT2D eigenvalue weighted by Crippen LogP contribution is 2.28. The van der Waals surface area contributed by atoms with Crippen molar-refractivity contribution in [3.8, 4) is 5.75 Å². The number of halogens is 1. The fourth-order valence-electron chi connectivity index (χ4n) is 1.96. The van der Waals surface area contributed by atoms with E-state index in [1.165, 1.54) is 31.2 Å². The Balaban J connectivity index is 2.22. The summed E-state index contributed by atoms with van der Waals surface area (Å²) in [6.45, 7) is 2.55. The molecule has 146 valence electrons. The molecule has 0 spiro atoms. The van der Waals surface area contributed by atoms with E-state index < -0.39 is 39.2 Å². The van der Waals surface area contributed by atoms with Gasteiger partial charge in [0, 0.05) is 5.02 Å². The zero-order valence-electron chi connectivity index (χ0n) is 14.8. The number of hydrogen-bond donors (Lipinski definition) is 0. The maximum absolute atomic E-state index is 13.0. The standard InChI is InChI=1S/C16H18ClN3O6S/c1-16(2,8-25-15(22)27(3,23)24)13(21)14(20-10-18-9-19-20)26-12-6-4-11(17)5-7-12/h4-7,9-10,14H,8H2,1-3H3. The average Bonchev–Trinajstić information content (AvgIpc) is 3.12. The second-order valence-corrected chi connectivity index (χ2v) is 8.67. The fourth-order valence-corrected chi connectivity index (χ4v) is 2.36. The highest BCUT2D eigenvalue weighted by molar-refractivity contribution is 8.05. The zero-order valence-corrected chi connectivity index (χ0v) is 16.4. The third kappa shape index (κ3) is 5.51. The van der Waals surface area contributed by atoms with Crippen LogP contribution in [0.25, 0.3) is 0 Å². The molecule has 0 saturated heterocycles. The van der Waals surface area contributed by atoms with E-state index in [4.69, 9.17) is 21.1 Å². The van der Waals surface area contributed by atoms with Gasteiger partial charge in [-0.3, -0.25) is 4.79 Å². The van der Waals surface area contributed by atoms with Gasteiger partial charge in [0.2, 0.25) is 15.6 Å². The predicted molar refractivity (Wildman–Crippen MR) is 96.1 cm³/mol. The average molecular weight is 416 g/mol. The number of benzene rings is 1. The Bertz CT molecular complexity index is 910. The summed E-state index contributed by atoms with van der Waals surface area (Å²) >= 11 is 5.84. The van der Waals surface area contributed by atoms with Crippen molar-refractivity contribution >= 4 is 32.5 Å². The molecular weight excluding hydrogens is 398 g/mol. The molecule has 0 N–H and O–H groups in total. The van der Waals surface area contributed by atoms with Crippen molar-refractivity contribution in [2.75, 3.05) is 12.9 Å². The molecule has 0 fully saturated rings. The maximum Gasteiger partial charge on any atom is 0.424 e. The number of aromatic nitrogens is 3. The van der Waals surface area contributed by atoms with E-state index >= 15 is 0 Å². The van der Waals surface area contributed by atoms with Gasteiger partial charge in [-0.15, -0.1) is 0 Å². The first-order valence-electron chi connectivity index (χ1n) is 7.68. The van der Waals surface area contributed by atoms with Crippen LogP contribution in [0.3, 0.4) is 0 Å². The van der Waals surface area contributed by atoms with E-state index in [9.17, 15) is 18.0 Å². The van der Waals surface area contributed by atoms with Gasteiger partial charge in [-0.2, -0.15) is 5.10 Å². The number of Topliss-reactive ketones (excluding diaryl/α,β-unsaturated/α-hetero) is 1. The monoisotopic (exact) mass is 415 g/mol. The van der Waals surface area contributed by atoms with Crippen molar-refractivity contribution in [3.63, 3.8) is 0 Å². The van der Waals surface area contributed by atoms with Crippen molar-refractivity contribution in [1.29, 1.82) is 0 Å². The first-order chi connectivity index (χ1) is 12.5. The molecule has 0 aliphatic heterocycles. The molecule has 1 unspecified atom stereocenters. The molecule has 2 rings (SSSR count). The van der Waals surface area contributed by atoms with Crippen molar-refractivity contribution < 1.29 is 27.5 Å². The van der Waals surface area contributed by atoms with Crippen LogP contribution in [0.2, 0.25) is 5.02 Å². The highest BCUT2D eigenvalue weighted by Gasteiger charge is 2.38. The number of ketones is 1. The highest BCUT2D eigenvalue weighted by atomic mass is 35.5. The maximum atomic E-state index is 13.0. The van der Waals surface area contributed by atoms with E-state index in [1.54, 1.807) is 24.3 Å². The largest absolute Gasteiger partial charge is 0.461 e. The van der Waals surface area contributed by atoms with Gasteiger partial charge in [-0.25, -0.2) is 22.9 Å². The minimum atomic E-state index is -4.01. The van der Waals surface area contributed by atoms with Crippen molar-refractivity contribution in [3.05, 3.63) is 41.9 Å². The molecule has 0 aliphatic carbocycles. The second-order valence-electron chi connectivity index (χ2n) is 6.36. The van der Waals surface area contributed by atoms with Crippen LogP contribution >= 0.6 is 11.6 Å². The lowest BCUT2D eigenvalue weighted by atomic mass is 9.88. The number of nitrogens with zero attached hydrogens (tertiary/aromatic N) is 3. The van der Waals surface area contributed by atoms with E-state index in [1.807, 2.05) is 0 Å². The van der Waals surface area contributed by atoms with E-state index in [-0.39, 0.29) is 0 Å². The normalized spacial score (nSPS) is 13.0. The number of carbonyl (C=O) groups is 2. The fraction of sp³-hybridized carbons (Fsp3) is 0.375. The first-order valence-corrected chi connectivity index (χ1v) is 9.95. The third-order valence-electron chi connectivity index (χ3n) is 3.48. The Morgan fingerprint density at radius 3 is 2.41 bits per heavy atom. The lowest BCUT2D eigenvalue weighted by Gasteiger charge is -2.27. The summed E-state index contributed by atoms with van der Waals surface area (Å²) in [5.74, 6) is -0.138. The van der Waals surface area contributed by atoms with Crippen molar-refractivity contribution in [2.24, 2.45) is 5.41 Å². The molecule has 0 radical (unpaired) electrons. The Labute approximate surface area is 161 Å². The van der Waals surface area contributed by atoms with Crippen LogP contribution in [0.1, 0.15) is 20.1 Å². The van der Waals surface area contributed by atoms with Crippen molar-refractivity contribution in [2.45, 2.75) is 20.1 Å². The summed E-state index contributed by atoms with van der Waals surface area (Å²) in [5.41, 5.74) is -1.26. The Hall–Kier alpha value is -2.46.